The quantitative estimate of drug-likeness (QED) is 0.900. The molecule has 0 aliphatic rings. The van der Waals surface area contributed by atoms with Crippen molar-refractivity contribution in [3.63, 3.8) is 0 Å². The van der Waals surface area contributed by atoms with Crippen LogP contribution >= 0.6 is 0 Å². The molecule has 2 aromatic rings. The van der Waals surface area contributed by atoms with E-state index in [1.54, 1.807) is 29.0 Å². The molecule has 0 fully saturated rings. The van der Waals surface area contributed by atoms with E-state index in [1.165, 1.54) is 12.1 Å². The summed E-state index contributed by atoms with van der Waals surface area (Å²) >= 11 is 0. The third kappa shape index (κ3) is 2.27. The Labute approximate surface area is 104 Å². The Morgan fingerprint density at radius 1 is 1.28 bits per heavy atom. The Morgan fingerprint density at radius 2 is 2.00 bits per heavy atom. The average Bonchev–Trinajstić information content (AvgIpc) is 2.73. The lowest BCUT2D eigenvalue weighted by Crippen LogP contribution is -2.09. The van der Waals surface area contributed by atoms with E-state index in [0.717, 1.165) is 0 Å². The van der Waals surface area contributed by atoms with Crippen LogP contribution in [0.25, 0.3) is 11.1 Å². The van der Waals surface area contributed by atoms with Crippen LogP contribution in [0.3, 0.4) is 0 Å². The van der Waals surface area contributed by atoms with Crippen LogP contribution in [0, 0.1) is 5.82 Å². The highest BCUT2D eigenvalue weighted by Crippen LogP contribution is 2.25. The smallest absolute Gasteiger partial charge is 0.352 e. The van der Waals surface area contributed by atoms with Gasteiger partial charge in [-0.2, -0.15) is 0 Å². The fourth-order valence-electron chi connectivity index (χ4n) is 1.90. The van der Waals surface area contributed by atoms with Gasteiger partial charge in [0.1, 0.15) is 11.5 Å². The minimum absolute atomic E-state index is 0.0402. The maximum absolute atomic E-state index is 13.2. The Kier molecular flexibility index (Phi) is 3.19. The van der Waals surface area contributed by atoms with E-state index in [1.807, 2.05) is 13.8 Å². The van der Waals surface area contributed by atoms with Crippen molar-refractivity contribution in [2.75, 3.05) is 0 Å². The van der Waals surface area contributed by atoms with Gasteiger partial charge in [-0.05, 0) is 37.6 Å². The minimum atomic E-state index is -0.980. The molecule has 0 unspecified atom stereocenters. The third-order valence-electron chi connectivity index (χ3n) is 2.78. The van der Waals surface area contributed by atoms with E-state index >= 15 is 0 Å². The van der Waals surface area contributed by atoms with Gasteiger partial charge < -0.3 is 9.67 Å². The maximum atomic E-state index is 13.2. The second kappa shape index (κ2) is 4.64. The van der Waals surface area contributed by atoms with Gasteiger partial charge >= 0.3 is 5.97 Å². The number of aromatic nitrogens is 1. The van der Waals surface area contributed by atoms with Crippen LogP contribution < -0.4 is 0 Å². The zero-order valence-electron chi connectivity index (χ0n) is 10.2. The molecule has 18 heavy (non-hydrogen) atoms. The molecule has 0 saturated carbocycles. The lowest BCUT2D eigenvalue weighted by Gasteiger charge is -2.09. The van der Waals surface area contributed by atoms with Crippen molar-refractivity contribution in [3.05, 3.63) is 48.0 Å². The molecule has 0 atom stereocenters. The van der Waals surface area contributed by atoms with E-state index in [4.69, 9.17) is 5.11 Å². The summed E-state index contributed by atoms with van der Waals surface area (Å²) in [4.78, 5) is 11.1. The van der Waals surface area contributed by atoms with E-state index in [-0.39, 0.29) is 17.6 Å². The summed E-state index contributed by atoms with van der Waals surface area (Å²) in [6.07, 6.45) is 1.74. The lowest BCUT2D eigenvalue weighted by molar-refractivity contribution is 0.0683. The molecule has 0 spiro atoms. The van der Waals surface area contributed by atoms with Gasteiger partial charge in [0.25, 0.3) is 0 Å². The minimum Gasteiger partial charge on any atom is -0.477 e. The van der Waals surface area contributed by atoms with Crippen LogP contribution in [0.1, 0.15) is 30.4 Å². The molecule has 0 saturated heterocycles. The summed E-state index contributed by atoms with van der Waals surface area (Å²) in [5, 5.41) is 9.13. The SMILES string of the molecule is CC(C)n1cc(-c2cccc(F)c2)cc1C(=O)O. The average molecular weight is 247 g/mol. The molecule has 1 N–H and O–H groups in total. The fourth-order valence-corrected chi connectivity index (χ4v) is 1.90. The number of benzene rings is 1. The number of rotatable bonds is 3. The Hall–Kier alpha value is -2.10. The van der Waals surface area contributed by atoms with Crippen molar-refractivity contribution in [2.45, 2.75) is 19.9 Å². The van der Waals surface area contributed by atoms with Crippen molar-refractivity contribution in [1.29, 1.82) is 0 Å². The van der Waals surface area contributed by atoms with Crippen molar-refractivity contribution >= 4 is 5.97 Å². The molecule has 3 nitrogen and oxygen atoms in total. The lowest BCUT2D eigenvalue weighted by atomic mass is 10.1. The first-order valence-electron chi connectivity index (χ1n) is 5.70. The van der Waals surface area contributed by atoms with Gasteiger partial charge in [0, 0.05) is 17.8 Å². The first kappa shape index (κ1) is 12.4. The predicted octanol–water partition coefficient (Wildman–Crippen LogP) is 3.57. The van der Waals surface area contributed by atoms with Gasteiger partial charge in [-0.15, -0.1) is 0 Å². The molecule has 94 valence electrons. The number of hydrogen-bond acceptors (Lipinski definition) is 1. The van der Waals surface area contributed by atoms with Gasteiger partial charge in [0.15, 0.2) is 0 Å². The van der Waals surface area contributed by atoms with Crippen molar-refractivity contribution in [2.24, 2.45) is 0 Å². The summed E-state index contributed by atoms with van der Waals surface area (Å²) in [7, 11) is 0. The van der Waals surface area contributed by atoms with Gasteiger partial charge in [-0.1, -0.05) is 12.1 Å². The number of carboxylic acid groups (broad SMARTS) is 1. The highest BCUT2D eigenvalue weighted by Gasteiger charge is 2.15. The van der Waals surface area contributed by atoms with E-state index < -0.39 is 5.97 Å². The molecule has 4 heteroatoms. The summed E-state index contributed by atoms with van der Waals surface area (Å²) in [6.45, 7) is 3.81. The highest BCUT2D eigenvalue weighted by atomic mass is 19.1. The fraction of sp³-hybridized carbons (Fsp3) is 0.214. The second-order valence-corrected chi connectivity index (χ2v) is 4.43. The number of aromatic carboxylic acids is 1. The number of nitrogens with zero attached hydrogens (tertiary/aromatic N) is 1. The van der Waals surface area contributed by atoms with Crippen LogP contribution in [0.15, 0.2) is 36.5 Å². The van der Waals surface area contributed by atoms with Crippen molar-refractivity contribution in [3.8, 4) is 11.1 Å². The molecule has 1 heterocycles. The predicted molar refractivity (Wildman–Crippen MR) is 67.2 cm³/mol. The molecule has 2 rings (SSSR count). The topological polar surface area (TPSA) is 42.2 Å². The molecule has 0 aliphatic carbocycles. The Bertz CT molecular complexity index is 587. The van der Waals surface area contributed by atoms with Crippen LogP contribution in [-0.2, 0) is 0 Å². The zero-order chi connectivity index (χ0) is 13.3. The summed E-state index contributed by atoms with van der Waals surface area (Å²) in [5.74, 6) is -1.31. The normalized spacial score (nSPS) is 10.9. The van der Waals surface area contributed by atoms with Crippen LogP contribution in [0.4, 0.5) is 4.39 Å². The summed E-state index contributed by atoms with van der Waals surface area (Å²) in [6, 6.07) is 7.73. The zero-order valence-corrected chi connectivity index (χ0v) is 10.2. The third-order valence-corrected chi connectivity index (χ3v) is 2.78. The van der Waals surface area contributed by atoms with Crippen molar-refractivity contribution < 1.29 is 14.3 Å². The number of carboxylic acids is 1. The van der Waals surface area contributed by atoms with E-state index in [2.05, 4.69) is 0 Å². The van der Waals surface area contributed by atoms with Crippen molar-refractivity contribution in [1.82, 2.24) is 4.57 Å². The van der Waals surface area contributed by atoms with Gasteiger partial charge in [-0.25, -0.2) is 9.18 Å². The monoisotopic (exact) mass is 247 g/mol. The Morgan fingerprint density at radius 3 is 2.50 bits per heavy atom. The molecular formula is C14H14FNO2. The first-order valence-corrected chi connectivity index (χ1v) is 5.70. The van der Waals surface area contributed by atoms with E-state index in [0.29, 0.717) is 11.1 Å². The van der Waals surface area contributed by atoms with Crippen LogP contribution in [0.2, 0.25) is 0 Å². The van der Waals surface area contributed by atoms with Gasteiger partial charge in [0.05, 0.1) is 0 Å². The molecule has 1 aromatic carbocycles. The second-order valence-electron chi connectivity index (χ2n) is 4.43. The molecule has 1 aromatic heterocycles. The first-order chi connectivity index (χ1) is 8.49. The summed E-state index contributed by atoms with van der Waals surface area (Å²) in [5.41, 5.74) is 1.60. The van der Waals surface area contributed by atoms with E-state index in [9.17, 15) is 9.18 Å². The van der Waals surface area contributed by atoms with Crippen LogP contribution in [-0.4, -0.2) is 15.6 Å². The molecule has 0 radical (unpaired) electrons. The number of carbonyl (C=O) groups is 1. The number of halogens is 1. The maximum Gasteiger partial charge on any atom is 0.352 e. The molecular weight excluding hydrogens is 233 g/mol. The molecule has 0 aliphatic heterocycles. The summed E-state index contributed by atoms with van der Waals surface area (Å²) < 4.78 is 14.8. The standard InChI is InChI=1S/C14H14FNO2/c1-9(2)16-8-11(7-13(16)14(17)18)10-4-3-5-12(15)6-10/h3-9H,1-2H3,(H,17,18). The highest BCUT2D eigenvalue weighted by molar-refractivity contribution is 5.88. The van der Waals surface area contributed by atoms with Gasteiger partial charge in [-0.3, -0.25) is 0 Å². The number of hydrogen-bond donors (Lipinski definition) is 1. The van der Waals surface area contributed by atoms with Gasteiger partial charge in [0.2, 0.25) is 0 Å². The molecule has 0 amide bonds. The van der Waals surface area contributed by atoms with Crippen LogP contribution in [0.5, 0.6) is 0 Å². The molecule has 0 bridgehead atoms. The largest absolute Gasteiger partial charge is 0.477 e. The Balaban J connectivity index is 2.53.